The molecule has 0 saturated carbocycles. The Morgan fingerprint density at radius 1 is 1.55 bits per heavy atom. The maximum atomic E-state index is 5.52. The first-order valence-electron chi connectivity index (χ1n) is 3.70. The van der Waals surface area contributed by atoms with E-state index in [2.05, 4.69) is 11.6 Å². The fourth-order valence-corrected chi connectivity index (χ4v) is 0.743. The topological polar surface area (TPSA) is 41.6 Å². The fraction of sp³-hybridized carbons (Fsp3) is 0.625. The van der Waals surface area contributed by atoms with Crippen LogP contribution >= 0.6 is 0 Å². The minimum absolute atomic E-state index is 0.570. The highest BCUT2D eigenvalue weighted by Gasteiger charge is 2.00. The van der Waals surface area contributed by atoms with Crippen LogP contribution in [0.5, 0.6) is 0 Å². The van der Waals surface area contributed by atoms with Crippen molar-refractivity contribution in [2.24, 2.45) is 10.7 Å². The van der Waals surface area contributed by atoms with Gasteiger partial charge in [0.2, 0.25) is 0 Å². The first-order chi connectivity index (χ1) is 5.07. The molecule has 0 aliphatic carbocycles. The number of nitrogens with two attached hydrogens (primary N) is 1. The van der Waals surface area contributed by atoms with Crippen LogP contribution in [0.2, 0.25) is 0 Å². The molecule has 0 spiro atoms. The Bertz CT molecular complexity index is 159. The van der Waals surface area contributed by atoms with Crippen LogP contribution in [0.15, 0.2) is 17.3 Å². The molecule has 11 heavy (non-hydrogen) atoms. The van der Waals surface area contributed by atoms with E-state index in [1.807, 2.05) is 25.9 Å². The zero-order valence-corrected chi connectivity index (χ0v) is 7.59. The second kappa shape index (κ2) is 4.91. The van der Waals surface area contributed by atoms with Crippen LogP contribution in [0.3, 0.4) is 0 Å². The maximum absolute atomic E-state index is 5.52. The second-order valence-corrected chi connectivity index (χ2v) is 2.68. The van der Waals surface area contributed by atoms with E-state index in [9.17, 15) is 0 Å². The fourth-order valence-electron chi connectivity index (χ4n) is 0.743. The smallest absolute Gasteiger partial charge is 0.0710 e. The molecule has 0 aliphatic rings. The SMILES string of the molecule is C=C(N)C(CN(C)C)=NCC. The van der Waals surface area contributed by atoms with Crippen molar-refractivity contribution in [1.82, 2.24) is 4.90 Å². The molecule has 0 rings (SSSR count). The van der Waals surface area contributed by atoms with Crippen molar-refractivity contribution >= 4 is 5.71 Å². The van der Waals surface area contributed by atoms with Gasteiger partial charge in [-0.25, -0.2) is 0 Å². The average molecular weight is 155 g/mol. The van der Waals surface area contributed by atoms with Crippen molar-refractivity contribution in [3.8, 4) is 0 Å². The van der Waals surface area contributed by atoms with Crippen molar-refractivity contribution in [2.45, 2.75) is 6.92 Å². The molecule has 0 aliphatic heterocycles. The van der Waals surface area contributed by atoms with Gasteiger partial charge in [-0.3, -0.25) is 4.99 Å². The summed E-state index contributed by atoms with van der Waals surface area (Å²) in [6.07, 6.45) is 0. The first kappa shape index (κ1) is 10.2. The number of hydrogen-bond donors (Lipinski definition) is 1. The summed E-state index contributed by atoms with van der Waals surface area (Å²) in [5, 5.41) is 0. The largest absolute Gasteiger partial charge is 0.398 e. The van der Waals surface area contributed by atoms with Gasteiger partial charge in [0.25, 0.3) is 0 Å². The van der Waals surface area contributed by atoms with Gasteiger partial charge in [-0.1, -0.05) is 6.58 Å². The summed E-state index contributed by atoms with van der Waals surface area (Å²) in [5.41, 5.74) is 6.98. The van der Waals surface area contributed by atoms with E-state index in [0.717, 1.165) is 18.8 Å². The van der Waals surface area contributed by atoms with Gasteiger partial charge in [0.1, 0.15) is 0 Å². The predicted molar refractivity (Wildman–Crippen MR) is 49.9 cm³/mol. The summed E-state index contributed by atoms with van der Waals surface area (Å²) in [6.45, 7) is 7.16. The molecule has 0 aromatic carbocycles. The zero-order valence-electron chi connectivity index (χ0n) is 7.59. The van der Waals surface area contributed by atoms with Crippen molar-refractivity contribution in [3.63, 3.8) is 0 Å². The minimum atomic E-state index is 0.570. The van der Waals surface area contributed by atoms with Gasteiger partial charge in [-0.2, -0.15) is 0 Å². The van der Waals surface area contributed by atoms with Crippen LogP contribution in [0.4, 0.5) is 0 Å². The Labute approximate surface area is 68.6 Å². The first-order valence-corrected chi connectivity index (χ1v) is 3.70. The highest BCUT2D eigenvalue weighted by molar-refractivity contribution is 6.00. The molecule has 0 bridgehead atoms. The molecule has 0 amide bonds. The summed E-state index contributed by atoms with van der Waals surface area (Å²) in [7, 11) is 3.96. The standard InChI is InChI=1S/C8H17N3/c1-5-10-8(7(2)9)6-11(3)4/h2,5-6,9H2,1,3-4H3. The molecule has 0 aromatic rings. The van der Waals surface area contributed by atoms with E-state index in [1.54, 1.807) is 0 Å². The van der Waals surface area contributed by atoms with Gasteiger partial charge in [0, 0.05) is 18.8 Å². The van der Waals surface area contributed by atoms with E-state index in [-0.39, 0.29) is 0 Å². The second-order valence-electron chi connectivity index (χ2n) is 2.68. The third kappa shape index (κ3) is 4.56. The van der Waals surface area contributed by atoms with Gasteiger partial charge in [0.05, 0.1) is 5.71 Å². The lowest BCUT2D eigenvalue weighted by molar-refractivity contribution is 0.469. The molecular weight excluding hydrogens is 138 g/mol. The molecule has 0 unspecified atom stereocenters. The van der Waals surface area contributed by atoms with Gasteiger partial charge in [-0.15, -0.1) is 0 Å². The highest BCUT2D eigenvalue weighted by Crippen LogP contribution is 1.89. The normalized spacial score (nSPS) is 12.2. The number of rotatable bonds is 4. The third-order valence-electron chi connectivity index (χ3n) is 1.19. The monoisotopic (exact) mass is 155 g/mol. The lowest BCUT2D eigenvalue weighted by atomic mass is 10.3. The lowest BCUT2D eigenvalue weighted by Crippen LogP contribution is -2.25. The Morgan fingerprint density at radius 3 is 2.36 bits per heavy atom. The number of hydrogen-bond acceptors (Lipinski definition) is 3. The summed E-state index contributed by atoms with van der Waals surface area (Å²) < 4.78 is 0. The van der Waals surface area contributed by atoms with Gasteiger partial charge in [-0.05, 0) is 21.0 Å². The Morgan fingerprint density at radius 2 is 2.09 bits per heavy atom. The molecule has 3 nitrogen and oxygen atoms in total. The van der Waals surface area contributed by atoms with Crippen LogP contribution in [0.25, 0.3) is 0 Å². The quantitative estimate of drug-likeness (QED) is 0.600. The molecule has 64 valence electrons. The summed E-state index contributed by atoms with van der Waals surface area (Å²) in [5.74, 6) is 0. The number of nitrogens with zero attached hydrogens (tertiary/aromatic N) is 2. The summed E-state index contributed by atoms with van der Waals surface area (Å²) in [6, 6.07) is 0. The van der Waals surface area contributed by atoms with Gasteiger partial charge >= 0.3 is 0 Å². The average Bonchev–Trinajstić information content (AvgIpc) is 1.86. The molecule has 0 fully saturated rings. The van der Waals surface area contributed by atoms with Crippen LogP contribution in [0, 0.1) is 0 Å². The van der Waals surface area contributed by atoms with Gasteiger partial charge in [0.15, 0.2) is 0 Å². The van der Waals surface area contributed by atoms with E-state index in [1.165, 1.54) is 0 Å². The molecule has 2 N–H and O–H groups in total. The van der Waals surface area contributed by atoms with Crippen LogP contribution in [-0.2, 0) is 0 Å². The zero-order chi connectivity index (χ0) is 8.85. The van der Waals surface area contributed by atoms with Crippen LogP contribution < -0.4 is 5.73 Å². The van der Waals surface area contributed by atoms with E-state index in [0.29, 0.717) is 5.70 Å². The summed E-state index contributed by atoms with van der Waals surface area (Å²) >= 11 is 0. The van der Waals surface area contributed by atoms with E-state index in [4.69, 9.17) is 5.73 Å². The minimum Gasteiger partial charge on any atom is -0.398 e. The molecule has 3 heteroatoms. The predicted octanol–water partition coefficient (Wildman–Crippen LogP) is 0.481. The van der Waals surface area contributed by atoms with Crippen LogP contribution in [-0.4, -0.2) is 37.8 Å². The van der Waals surface area contributed by atoms with Crippen molar-refractivity contribution in [2.75, 3.05) is 27.2 Å². The molecular formula is C8H17N3. The van der Waals surface area contributed by atoms with E-state index < -0.39 is 0 Å². The number of aliphatic imine (C=N–C) groups is 1. The van der Waals surface area contributed by atoms with Crippen molar-refractivity contribution < 1.29 is 0 Å². The highest BCUT2D eigenvalue weighted by atomic mass is 15.1. The molecule has 0 radical (unpaired) electrons. The molecule has 0 heterocycles. The van der Waals surface area contributed by atoms with Gasteiger partial charge < -0.3 is 10.6 Å². The molecule has 0 atom stereocenters. The Hall–Kier alpha value is -0.830. The Balaban J connectivity index is 4.12. The summed E-state index contributed by atoms with van der Waals surface area (Å²) in [4.78, 5) is 6.23. The Kier molecular flexibility index (Phi) is 4.54. The van der Waals surface area contributed by atoms with Crippen LogP contribution in [0.1, 0.15) is 6.92 Å². The lowest BCUT2D eigenvalue weighted by Gasteiger charge is -2.11. The van der Waals surface area contributed by atoms with E-state index >= 15 is 0 Å². The third-order valence-corrected chi connectivity index (χ3v) is 1.19. The van der Waals surface area contributed by atoms with Crippen molar-refractivity contribution in [3.05, 3.63) is 12.3 Å². The van der Waals surface area contributed by atoms with Crippen molar-refractivity contribution in [1.29, 1.82) is 0 Å². The molecule has 0 saturated heterocycles. The maximum Gasteiger partial charge on any atom is 0.0710 e. The molecule has 0 aromatic heterocycles.